The van der Waals surface area contributed by atoms with Gasteiger partial charge in [-0.25, -0.2) is 0 Å². The zero-order valence-corrected chi connectivity index (χ0v) is 16.0. The fourth-order valence-electron chi connectivity index (χ4n) is 2.15. The molecule has 0 aliphatic heterocycles. The van der Waals surface area contributed by atoms with Crippen molar-refractivity contribution in [2.45, 2.75) is 27.2 Å². The van der Waals surface area contributed by atoms with Crippen molar-refractivity contribution in [2.75, 3.05) is 0 Å². The molecule has 0 rings (SSSR count). The summed E-state index contributed by atoms with van der Waals surface area (Å²) in [5, 5.41) is 2.12. The Balaban J connectivity index is 6.27. The summed E-state index contributed by atoms with van der Waals surface area (Å²) in [6.45, 7) is 17.4. The normalized spacial score (nSPS) is 16.3. The van der Waals surface area contributed by atoms with E-state index in [1.54, 1.807) is 24.3 Å². The largest absolute Gasteiger partial charge is 0.309 e. The maximum atomic E-state index is 14.1. The molecule has 0 atom stereocenters. The molecule has 0 bridgehead atoms. The maximum Gasteiger partial charge on any atom is 0.166 e. The zero-order chi connectivity index (χ0) is 18.4. The number of hydrogen-bond donors (Lipinski definition) is 0. The van der Waals surface area contributed by atoms with Gasteiger partial charge >= 0.3 is 0 Å². The van der Waals surface area contributed by atoms with Gasteiger partial charge in [0.2, 0.25) is 0 Å². The molecule has 1 nitrogen and oxygen atoms in total. The van der Waals surface area contributed by atoms with Crippen LogP contribution in [-0.2, 0) is 4.57 Å². The van der Waals surface area contributed by atoms with Crippen molar-refractivity contribution in [1.29, 1.82) is 0 Å². The summed E-state index contributed by atoms with van der Waals surface area (Å²) in [5.41, 5.74) is 0. The van der Waals surface area contributed by atoms with E-state index in [2.05, 4.69) is 19.7 Å². The van der Waals surface area contributed by atoms with Crippen LogP contribution in [0.1, 0.15) is 27.2 Å². The second-order valence-electron chi connectivity index (χ2n) is 4.99. The van der Waals surface area contributed by atoms with Crippen molar-refractivity contribution in [2.24, 2.45) is 0 Å². The Kier molecular flexibility index (Phi) is 11.2. The van der Waals surface area contributed by atoms with Gasteiger partial charge in [-0.15, -0.1) is 0 Å². The molecule has 0 aromatic carbocycles. The third-order valence-corrected chi connectivity index (χ3v) is 6.34. The summed E-state index contributed by atoms with van der Waals surface area (Å²) < 4.78 is 14.1. The average molecular weight is 340 g/mol. The predicted molar refractivity (Wildman–Crippen MR) is 112 cm³/mol. The molecule has 0 aliphatic rings. The summed E-state index contributed by atoms with van der Waals surface area (Å²) >= 11 is 0. The zero-order valence-electron chi connectivity index (χ0n) is 15.1. The minimum atomic E-state index is -3.01. The molecule has 0 aromatic rings. The summed E-state index contributed by atoms with van der Waals surface area (Å²) in [7, 11) is -3.01. The van der Waals surface area contributed by atoms with Crippen molar-refractivity contribution in [3.8, 4) is 0 Å². The van der Waals surface area contributed by atoms with Gasteiger partial charge in [-0.1, -0.05) is 92.6 Å². The lowest BCUT2D eigenvalue weighted by molar-refractivity contribution is 0.587. The molecule has 0 saturated heterocycles. The lowest BCUT2D eigenvalue weighted by Crippen LogP contribution is -1.93. The van der Waals surface area contributed by atoms with E-state index in [0.717, 1.165) is 10.6 Å². The van der Waals surface area contributed by atoms with Gasteiger partial charge in [0.1, 0.15) is 0 Å². The first kappa shape index (κ1) is 21.9. The van der Waals surface area contributed by atoms with Gasteiger partial charge in [0.15, 0.2) is 7.14 Å². The molecule has 0 saturated carbocycles. The third-order valence-electron chi connectivity index (χ3n) is 3.22. The van der Waals surface area contributed by atoms with E-state index in [4.69, 9.17) is 0 Å². The van der Waals surface area contributed by atoms with Crippen molar-refractivity contribution in [1.82, 2.24) is 0 Å². The topological polar surface area (TPSA) is 17.1 Å². The lowest BCUT2D eigenvalue weighted by atomic mass is 10.3. The Morgan fingerprint density at radius 1 is 0.875 bits per heavy atom. The molecule has 0 radical (unpaired) electrons. The monoisotopic (exact) mass is 340 g/mol. The highest BCUT2D eigenvalue weighted by atomic mass is 31.2. The SMILES string of the molecule is C=C/C=C(\C=C/C)P(=O)(C(=C)C/C=C\C=C/C)C(/C=C\C)=C/C=C. The van der Waals surface area contributed by atoms with Gasteiger partial charge in [-0.05, 0) is 32.5 Å². The van der Waals surface area contributed by atoms with E-state index >= 15 is 0 Å². The third kappa shape index (κ3) is 6.18. The van der Waals surface area contributed by atoms with Crippen molar-refractivity contribution in [3.63, 3.8) is 0 Å². The average Bonchev–Trinajstić information content (AvgIpc) is 2.57. The molecule has 2 heteroatoms. The summed E-state index contributed by atoms with van der Waals surface area (Å²) in [6, 6.07) is 0. The summed E-state index contributed by atoms with van der Waals surface area (Å²) in [4.78, 5) is 0. The van der Waals surface area contributed by atoms with Crippen LogP contribution in [0.3, 0.4) is 0 Å². The van der Waals surface area contributed by atoms with Crippen LogP contribution in [0.25, 0.3) is 0 Å². The molecule has 0 heterocycles. The van der Waals surface area contributed by atoms with Gasteiger partial charge in [-0.3, -0.25) is 0 Å². The van der Waals surface area contributed by atoms with Crippen LogP contribution < -0.4 is 0 Å². The van der Waals surface area contributed by atoms with Gasteiger partial charge < -0.3 is 4.57 Å². The number of allylic oxidation sites excluding steroid dienone is 15. The summed E-state index contributed by atoms with van der Waals surface area (Å²) in [6.07, 6.45) is 22.7. The van der Waals surface area contributed by atoms with Crippen molar-refractivity contribution >= 4 is 7.14 Å². The van der Waals surface area contributed by atoms with Gasteiger partial charge in [0, 0.05) is 10.6 Å². The van der Waals surface area contributed by atoms with E-state index in [1.165, 1.54) is 0 Å². The first-order valence-electron chi connectivity index (χ1n) is 8.01. The van der Waals surface area contributed by atoms with E-state index in [0.29, 0.717) is 11.7 Å². The van der Waals surface area contributed by atoms with E-state index in [-0.39, 0.29) is 0 Å². The highest BCUT2D eigenvalue weighted by molar-refractivity contribution is 7.76. The minimum absolute atomic E-state index is 0.541. The van der Waals surface area contributed by atoms with Crippen LogP contribution in [-0.4, -0.2) is 0 Å². The number of rotatable bonds is 10. The maximum absolute atomic E-state index is 14.1. The second kappa shape index (κ2) is 12.3. The van der Waals surface area contributed by atoms with Crippen LogP contribution in [0.5, 0.6) is 0 Å². The summed E-state index contributed by atoms with van der Waals surface area (Å²) in [5.74, 6) is 0. The lowest BCUT2D eigenvalue weighted by Gasteiger charge is -2.23. The smallest absolute Gasteiger partial charge is 0.166 e. The molecule has 0 aliphatic carbocycles. The fraction of sp³-hybridized carbons (Fsp3) is 0.182. The van der Waals surface area contributed by atoms with E-state index < -0.39 is 7.14 Å². The first-order valence-corrected chi connectivity index (χ1v) is 9.71. The molecular weight excluding hydrogens is 311 g/mol. The molecule has 24 heavy (non-hydrogen) atoms. The molecule has 0 fully saturated rings. The van der Waals surface area contributed by atoms with Crippen LogP contribution >= 0.6 is 7.14 Å². The quantitative estimate of drug-likeness (QED) is 0.294. The van der Waals surface area contributed by atoms with Crippen LogP contribution in [0.4, 0.5) is 0 Å². The molecule has 0 N–H and O–H groups in total. The van der Waals surface area contributed by atoms with Crippen LogP contribution in [0, 0.1) is 0 Å². The number of hydrogen-bond acceptors (Lipinski definition) is 1. The molecule has 0 unspecified atom stereocenters. The Morgan fingerprint density at radius 2 is 1.38 bits per heavy atom. The second-order valence-corrected chi connectivity index (χ2v) is 7.87. The fourth-order valence-corrected chi connectivity index (χ4v) is 4.89. The van der Waals surface area contributed by atoms with Crippen molar-refractivity contribution in [3.05, 3.63) is 109 Å². The Morgan fingerprint density at radius 3 is 1.75 bits per heavy atom. The highest BCUT2D eigenvalue weighted by Gasteiger charge is 2.31. The predicted octanol–water partition coefficient (Wildman–Crippen LogP) is 7.68. The molecule has 128 valence electrons. The van der Waals surface area contributed by atoms with Gasteiger partial charge in [0.25, 0.3) is 0 Å². The molecular formula is C22H29OP. The van der Waals surface area contributed by atoms with Gasteiger partial charge in [0.05, 0.1) is 0 Å². The molecule has 0 aromatic heterocycles. The Bertz CT molecular complexity index is 626. The minimum Gasteiger partial charge on any atom is -0.309 e. The Hall–Kier alpha value is -2.11. The first-order chi connectivity index (χ1) is 11.5. The van der Waals surface area contributed by atoms with E-state index in [9.17, 15) is 4.57 Å². The van der Waals surface area contributed by atoms with E-state index in [1.807, 2.05) is 69.4 Å². The van der Waals surface area contributed by atoms with Crippen molar-refractivity contribution < 1.29 is 4.57 Å². The Labute approximate surface area is 147 Å². The highest BCUT2D eigenvalue weighted by Crippen LogP contribution is 2.68. The van der Waals surface area contributed by atoms with Gasteiger partial charge in [-0.2, -0.15) is 0 Å². The standard InChI is InChI=1S/C22H29OP/c1-7-12-13-14-19-20(6)24(23,21(15-8-2)16-9-3)22(17-10-4)18-11-5/h7-18H,2,4,6,19H2,1,3,5H3/b12-7-,14-13-,16-9-,18-11-,21-15+,22-17+. The van der Waals surface area contributed by atoms with Crippen LogP contribution in [0.15, 0.2) is 109 Å². The van der Waals surface area contributed by atoms with Crippen LogP contribution in [0.2, 0.25) is 0 Å². The molecule has 0 amide bonds. The molecule has 0 spiro atoms.